The second-order valence-corrected chi connectivity index (χ2v) is 8.07. The highest BCUT2D eigenvalue weighted by Crippen LogP contribution is 2.30. The Kier molecular flexibility index (Phi) is 5.39. The van der Waals surface area contributed by atoms with Crippen molar-refractivity contribution in [2.75, 3.05) is 20.2 Å². The molecule has 162 valence electrons. The van der Waals surface area contributed by atoms with Crippen molar-refractivity contribution in [3.63, 3.8) is 0 Å². The first-order chi connectivity index (χ1) is 14.8. The van der Waals surface area contributed by atoms with Gasteiger partial charge >= 0.3 is 6.03 Å². The van der Waals surface area contributed by atoms with Crippen molar-refractivity contribution in [3.8, 4) is 5.75 Å². The largest absolute Gasteiger partial charge is 0.494 e. The quantitative estimate of drug-likeness (QED) is 0.764. The summed E-state index contributed by atoms with van der Waals surface area (Å²) in [5.74, 6) is -1.30. The molecule has 0 saturated carbocycles. The summed E-state index contributed by atoms with van der Waals surface area (Å²) in [5, 5.41) is 2.82. The van der Waals surface area contributed by atoms with Crippen molar-refractivity contribution in [1.82, 2.24) is 15.1 Å². The number of carbonyl (C=O) groups excluding carboxylic acids is 3. The van der Waals surface area contributed by atoms with Crippen LogP contribution in [-0.4, -0.2) is 53.4 Å². The van der Waals surface area contributed by atoms with Crippen LogP contribution in [-0.2, 0) is 11.3 Å². The lowest BCUT2D eigenvalue weighted by atomic mass is 9.88. The topological polar surface area (TPSA) is 79.0 Å². The molecule has 2 fully saturated rings. The van der Waals surface area contributed by atoms with Crippen LogP contribution in [0.5, 0.6) is 5.75 Å². The Balaban J connectivity index is 1.52. The lowest BCUT2D eigenvalue weighted by molar-refractivity contribution is -0.133. The zero-order valence-electron chi connectivity index (χ0n) is 17.5. The van der Waals surface area contributed by atoms with Crippen LogP contribution < -0.4 is 10.1 Å². The zero-order chi connectivity index (χ0) is 22.2. The number of methoxy groups -OCH3 is 1. The van der Waals surface area contributed by atoms with Gasteiger partial charge in [0.05, 0.1) is 20.2 Å². The summed E-state index contributed by atoms with van der Waals surface area (Å²) < 4.78 is 19.0. The number of aryl methyl sites for hydroxylation is 1. The van der Waals surface area contributed by atoms with Crippen LogP contribution in [0.2, 0.25) is 0 Å². The van der Waals surface area contributed by atoms with Crippen LogP contribution in [0.25, 0.3) is 0 Å². The van der Waals surface area contributed by atoms with E-state index in [4.69, 9.17) is 4.74 Å². The Morgan fingerprint density at radius 3 is 2.61 bits per heavy atom. The van der Waals surface area contributed by atoms with E-state index in [0.717, 1.165) is 17.2 Å². The number of benzene rings is 2. The smallest absolute Gasteiger partial charge is 0.325 e. The minimum Gasteiger partial charge on any atom is -0.494 e. The molecule has 0 aromatic heterocycles. The molecule has 1 atom stereocenters. The van der Waals surface area contributed by atoms with Gasteiger partial charge in [-0.15, -0.1) is 0 Å². The van der Waals surface area contributed by atoms with Crippen LogP contribution in [0.1, 0.15) is 34.3 Å². The molecule has 1 N–H and O–H groups in total. The van der Waals surface area contributed by atoms with Gasteiger partial charge in [0.1, 0.15) is 5.54 Å². The van der Waals surface area contributed by atoms with Gasteiger partial charge in [-0.3, -0.25) is 14.5 Å². The fraction of sp³-hybridized carbons (Fsp3) is 0.348. The maximum absolute atomic E-state index is 14.1. The Morgan fingerprint density at radius 2 is 1.94 bits per heavy atom. The molecule has 0 aliphatic carbocycles. The molecule has 2 aromatic carbocycles. The highest BCUT2D eigenvalue weighted by molar-refractivity contribution is 6.07. The number of amides is 4. The van der Waals surface area contributed by atoms with Crippen molar-refractivity contribution in [3.05, 3.63) is 65.0 Å². The van der Waals surface area contributed by atoms with Crippen molar-refractivity contribution < 1.29 is 23.5 Å². The molecule has 0 radical (unpaired) electrons. The number of hydrogen-bond acceptors (Lipinski definition) is 4. The highest BCUT2D eigenvalue weighted by atomic mass is 19.1. The van der Waals surface area contributed by atoms with Gasteiger partial charge < -0.3 is 15.0 Å². The molecule has 8 heteroatoms. The van der Waals surface area contributed by atoms with Gasteiger partial charge in [-0.1, -0.05) is 29.8 Å². The first kappa shape index (κ1) is 20.8. The van der Waals surface area contributed by atoms with E-state index < -0.39 is 17.4 Å². The minimum absolute atomic E-state index is 0.0501. The van der Waals surface area contributed by atoms with E-state index in [0.29, 0.717) is 19.4 Å². The number of imide groups is 1. The first-order valence-electron chi connectivity index (χ1n) is 10.2. The number of ether oxygens (including phenoxy) is 1. The maximum Gasteiger partial charge on any atom is 0.325 e. The molecule has 31 heavy (non-hydrogen) atoms. The summed E-state index contributed by atoms with van der Waals surface area (Å²) in [5.41, 5.74) is 0.960. The summed E-state index contributed by atoms with van der Waals surface area (Å²) in [6, 6.07) is 11.2. The lowest BCUT2D eigenvalue weighted by Crippen LogP contribution is -2.59. The Labute approximate surface area is 179 Å². The first-order valence-corrected chi connectivity index (χ1v) is 10.2. The molecule has 4 amide bonds. The number of halogens is 1. The van der Waals surface area contributed by atoms with Crippen LogP contribution in [0.4, 0.5) is 9.18 Å². The monoisotopic (exact) mass is 425 g/mol. The third-order valence-corrected chi connectivity index (χ3v) is 5.89. The molecule has 7 nitrogen and oxygen atoms in total. The van der Waals surface area contributed by atoms with Gasteiger partial charge in [-0.2, -0.15) is 0 Å². The van der Waals surface area contributed by atoms with E-state index in [1.54, 1.807) is 0 Å². The van der Waals surface area contributed by atoms with E-state index in [9.17, 15) is 18.8 Å². The fourth-order valence-corrected chi connectivity index (χ4v) is 4.18. The maximum atomic E-state index is 14.1. The summed E-state index contributed by atoms with van der Waals surface area (Å²) in [7, 11) is 1.35. The molecule has 2 heterocycles. The minimum atomic E-state index is -1.15. The molecule has 4 rings (SSSR count). The third-order valence-electron chi connectivity index (χ3n) is 5.89. The van der Waals surface area contributed by atoms with Crippen LogP contribution >= 0.6 is 0 Å². The van der Waals surface area contributed by atoms with E-state index in [-0.39, 0.29) is 36.2 Å². The number of carbonyl (C=O) groups is 3. The molecular weight excluding hydrogens is 401 g/mol. The van der Waals surface area contributed by atoms with Crippen molar-refractivity contribution in [1.29, 1.82) is 0 Å². The fourth-order valence-electron chi connectivity index (χ4n) is 4.18. The molecule has 0 bridgehead atoms. The Bertz CT molecular complexity index is 1040. The van der Waals surface area contributed by atoms with E-state index in [1.165, 1.54) is 29.0 Å². The van der Waals surface area contributed by atoms with Gasteiger partial charge in [-0.05, 0) is 43.5 Å². The highest BCUT2D eigenvalue weighted by Gasteiger charge is 2.53. The Hall–Kier alpha value is -3.42. The molecule has 2 aliphatic rings. The predicted octanol–water partition coefficient (Wildman–Crippen LogP) is 2.87. The van der Waals surface area contributed by atoms with E-state index in [1.807, 2.05) is 31.2 Å². The predicted molar refractivity (Wildman–Crippen MR) is 111 cm³/mol. The average molecular weight is 425 g/mol. The number of nitrogens with zero attached hydrogens (tertiary/aromatic N) is 2. The molecular formula is C23H24FN3O4. The SMILES string of the molecule is COc1ccc(C(=O)N2CCCC3(C2)NC(=O)N(Cc2ccc(C)cc2)C3=O)cc1F. The van der Waals surface area contributed by atoms with Crippen molar-refractivity contribution >= 4 is 17.8 Å². The molecule has 2 aliphatic heterocycles. The summed E-state index contributed by atoms with van der Waals surface area (Å²) in [4.78, 5) is 41.5. The second kappa shape index (κ2) is 8.02. The van der Waals surface area contributed by atoms with E-state index >= 15 is 0 Å². The van der Waals surface area contributed by atoms with Gasteiger partial charge in [0.2, 0.25) is 0 Å². The summed E-state index contributed by atoms with van der Waals surface area (Å²) in [6.45, 7) is 2.61. The van der Waals surface area contributed by atoms with Crippen LogP contribution in [0.3, 0.4) is 0 Å². The summed E-state index contributed by atoms with van der Waals surface area (Å²) >= 11 is 0. The zero-order valence-corrected chi connectivity index (χ0v) is 17.5. The van der Waals surface area contributed by atoms with Crippen LogP contribution in [0.15, 0.2) is 42.5 Å². The lowest BCUT2D eigenvalue weighted by Gasteiger charge is -2.38. The number of piperidine rings is 1. The molecule has 2 saturated heterocycles. The van der Waals surface area contributed by atoms with Gasteiger partial charge in [0.25, 0.3) is 11.8 Å². The van der Waals surface area contributed by atoms with E-state index in [2.05, 4.69) is 5.32 Å². The van der Waals surface area contributed by atoms with Crippen molar-refractivity contribution in [2.45, 2.75) is 31.8 Å². The van der Waals surface area contributed by atoms with Gasteiger partial charge in [0, 0.05) is 12.1 Å². The molecule has 1 unspecified atom stereocenters. The number of likely N-dealkylation sites (tertiary alicyclic amines) is 1. The number of nitrogens with one attached hydrogen (secondary N) is 1. The number of rotatable bonds is 4. The van der Waals surface area contributed by atoms with Gasteiger partial charge in [-0.25, -0.2) is 9.18 Å². The third kappa shape index (κ3) is 3.85. The Morgan fingerprint density at radius 1 is 1.19 bits per heavy atom. The number of hydrogen-bond donors (Lipinski definition) is 1. The van der Waals surface area contributed by atoms with Gasteiger partial charge in [0.15, 0.2) is 11.6 Å². The normalized spacial score (nSPS) is 20.9. The average Bonchev–Trinajstić information content (AvgIpc) is 2.98. The summed E-state index contributed by atoms with van der Waals surface area (Å²) in [6.07, 6.45) is 0.998. The van der Waals surface area contributed by atoms with Crippen molar-refractivity contribution in [2.24, 2.45) is 0 Å². The van der Waals surface area contributed by atoms with Crippen LogP contribution in [0, 0.1) is 12.7 Å². The standard InChI is InChI=1S/C23H24FN3O4/c1-15-4-6-16(7-5-15)13-27-21(29)23(25-22(27)30)10-3-11-26(14-23)20(28)17-8-9-19(31-2)18(24)12-17/h4-9,12H,3,10-11,13-14H2,1-2H3,(H,25,30). The molecule has 1 spiro atoms. The number of urea groups is 1. The molecule has 2 aromatic rings. The second-order valence-electron chi connectivity index (χ2n) is 8.07.